The molecule has 1 aromatic carbocycles. The lowest BCUT2D eigenvalue weighted by Gasteiger charge is -2.01. The van der Waals surface area contributed by atoms with Gasteiger partial charge in [-0.05, 0) is 18.1 Å². The minimum atomic E-state index is 0.933. The molecule has 2 nitrogen and oxygen atoms in total. The Balaban J connectivity index is 2.42. The summed E-state index contributed by atoms with van der Waals surface area (Å²) in [5, 5.41) is 0. The monoisotopic (exact) mass is 184 g/mol. The average Bonchev–Trinajstić information content (AvgIpc) is 2.30. The molecule has 14 heavy (non-hydrogen) atoms. The SMILES string of the molecule is CCc1cccc(-c2cnccn2)c1. The van der Waals surface area contributed by atoms with Gasteiger partial charge in [0.05, 0.1) is 11.9 Å². The fourth-order valence-corrected chi connectivity index (χ4v) is 1.40. The van der Waals surface area contributed by atoms with E-state index in [1.807, 2.05) is 0 Å². The molecule has 0 aliphatic rings. The molecule has 0 bridgehead atoms. The number of rotatable bonds is 2. The van der Waals surface area contributed by atoms with Crippen LogP contribution in [0.25, 0.3) is 11.3 Å². The van der Waals surface area contributed by atoms with Crippen LogP contribution in [0, 0.1) is 0 Å². The van der Waals surface area contributed by atoms with E-state index in [9.17, 15) is 0 Å². The fraction of sp³-hybridized carbons (Fsp3) is 0.167. The lowest BCUT2D eigenvalue weighted by Crippen LogP contribution is -1.86. The van der Waals surface area contributed by atoms with Gasteiger partial charge in [0.25, 0.3) is 0 Å². The maximum Gasteiger partial charge on any atom is 0.0885 e. The Morgan fingerprint density at radius 1 is 1.21 bits per heavy atom. The van der Waals surface area contributed by atoms with Gasteiger partial charge in [0.2, 0.25) is 0 Å². The molecular weight excluding hydrogens is 172 g/mol. The molecule has 0 radical (unpaired) electrons. The summed E-state index contributed by atoms with van der Waals surface area (Å²) in [6, 6.07) is 8.40. The molecule has 0 N–H and O–H groups in total. The number of aryl methyl sites for hydroxylation is 1. The minimum absolute atomic E-state index is 0.933. The third-order valence-corrected chi connectivity index (χ3v) is 2.19. The molecule has 2 heteroatoms. The van der Waals surface area contributed by atoms with Gasteiger partial charge in [-0.1, -0.05) is 25.1 Å². The Bertz CT molecular complexity index is 410. The molecule has 70 valence electrons. The Morgan fingerprint density at radius 3 is 2.86 bits per heavy atom. The second-order valence-electron chi connectivity index (χ2n) is 3.14. The summed E-state index contributed by atoms with van der Waals surface area (Å²) in [6.07, 6.45) is 6.24. The molecule has 0 aliphatic heterocycles. The lowest BCUT2D eigenvalue weighted by molar-refractivity contribution is 1.14. The van der Waals surface area contributed by atoms with E-state index in [4.69, 9.17) is 0 Å². The van der Waals surface area contributed by atoms with E-state index in [-0.39, 0.29) is 0 Å². The first kappa shape index (κ1) is 8.88. The van der Waals surface area contributed by atoms with Crippen LogP contribution >= 0.6 is 0 Å². The zero-order valence-corrected chi connectivity index (χ0v) is 8.14. The van der Waals surface area contributed by atoms with Gasteiger partial charge in [-0.25, -0.2) is 0 Å². The van der Waals surface area contributed by atoms with Crippen molar-refractivity contribution in [2.45, 2.75) is 13.3 Å². The van der Waals surface area contributed by atoms with Crippen molar-refractivity contribution in [1.29, 1.82) is 0 Å². The molecule has 0 spiro atoms. The summed E-state index contributed by atoms with van der Waals surface area (Å²) >= 11 is 0. The van der Waals surface area contributed by atoms with Crippen molar-refractivity contribution < 1.29 is 0 Å². The van der Waals surface area contributed by atoms with Crippen molar-refractivity contribution >= 4 is 0 Å². The van der Waals surface area contributed by atoms with Crippen molar-refractivity contribution in [2.24, 2.45) is 0 Å². The smallest absolute Gasteiger partial charge is 0.0885 e. The van der Waals surface area contributed by atoms with Gasteiger partial charge >= 0.3 is 0 Å². The van der Waals surface area contributed by atoms with Crippen LogP contribution in [0.15, 0.2) is 42.9 Å². The normalized spacial score (nSPS) is 10.1. The molecule has 0 saturated heterocycles. The topological polar surface area (TPSA) is 25.8 Å². The highest BCUT2D eigenvalue weighted by molar-refractivity contribution is 5.58. The Hall–Kier alpha value is -1.70. The summed E-state index contributed by atoms with van der Waals surface area (Å²) in [5.41, 5.74) is 3.40. The number of benzene rings is 1. The summed E-state index contributed by atoms with van der Waals surface area (Å²) in [5.74, 6) is 0. The largest absolute Gasteiger partial charge is 0.261 e. The second kappa shape index (κ2) is 4.01. The number of nitrogens with zero attached hydrogens (tertiary/aromatic N) is 2. The average molecular weight is 184 g/mol. The number of hydrogen-bond donors (Lipinski definition) is 0. The summed E-state index contributed by atoms with van der Waals surface area (Å²) in [6.45, 7) is 2.15. The standard InChI is InChI=1S/C12H12N2/c1-2-10-4-3-5-11(8-10)12-9-13-6-7-14-12/h3-9H,2H2,1H3. The molecule has 0 atom stereocenters. The Morgan fingerprint density at radius 2 is 2.14 bits per heavy atom. The van der Waals surface area contributed by atoms with Crippen LogP contribution in [-0.4, -0.2) is 9.97 Å². The Kier molecular flexibility index (Phi) is 2.54. The van der Waals surface area contributed by atoms with E-state index in [1.54, 1.807) is 18.6 Å². The molecule has 2 aromatic rings. The van der Waals surface area contributed by atoms with Gasteiger partial charge in [-0.15, -0.1) is 0 Å². The fourth-order valence-electron chi connectivity index (χ4n) is 1.40. The van der Waals surface area contributed by atoms with Crippen molar-refractivity contribution in [1.82, 2.24) is 9.97 Å². The van der Waals surface area contributed by atoms with Crippen molar-refractivity contribution in [3.8, 4) is 11.3 Å². The van der Waals surface area contributed by atoms with E-state index in [0.29, 0.717) is 0 Å². The van der Waals surface area contributed by atoms with Crippen LogP contribution < -0.4 is 0 Å². The molecular formula is C12H12N2. The van der Waals surface area contributed by atoms with Gasteiger partial charge < -0.3 is 0 Å². The van der Waals surface area contributed by atoms with Crippen LogP contribution in [-0.2, 0) is 6.42 Å². The maximum atomic E-state index is 4.26. The van der Waals surface area contributed by atoms with Gasteiger partial charge in [-0.3, -0.25) is 9.97 Å². The molecule has 0 fully saturated rings. The van der Waals surface area contributed by atoms with E-state index < -0.39 is 0 Å². The van der Waals surface area contributed by atoms with E-state index in [0.717, 1.165) is 17.7 Å². The molecule has 1 heterocycles. The van der Waals surface area contributed by atoms with Crippen molar-refractivity contribution in [2.75, 3.05) is 0 Å². The number of aromatic nitrogens is 2. The van der Waals surface area contributed by atoms with Gasteiger partial charge in [0.1, 0.15) is 0 Å². The molecule has 1 aromatic heterocycles. The van der Waals surface area contributed by atoms with Crippen LogP contribution in [0.2, 0.25) is 0 Å². The highest BCUT2D eigenvalue weighted by Gasteiger charge is 1.98. The zero-order valence-electron chi connectivity index (χ0n) is 8.14. The van der Waals surface area contributed by atoms with Crippen LogP contribution in [0.3, 0.4) is 0 Å². The van der Waals surface area contributed by atoms with Gasteiger partial charge in [-0.2, -0.15) is 0 Å². The quantitative estimate of drug-likeness (QED) is 0.717. The second-order valence-corrected chi connectivity index (χ2v) is 3.14. The minimum Gasteiger partial charge on any atom is -0.261 e. The maximum absolute atomic E-state index is 4.26. The summed E-state index contributed by atoms with van der Waals surface area (Å²) in [4.78, 5) is 8.32. The zero-order chi connectivity index (χ0) is 9.80. The van der Waals surface area contributed by atoms with E-state index in [2.05, 4.69) is 41.2 Å². The summed E-state index contributed by atoms with van der Waals surface area (Å²) < 4.78 is 0. The van der Waals surface area contributed by atoms with Crippen LogP contribution in [0.5, 0.6) is 0 Å². The molecule has 0 aliphatic carbocycles. The highest BCUT2D eigenvalue weighted by atomic mass is 14.8. The van der Waals surface area contributed by atoms with Gasteiger partial charge in [0.15, 0.2) is 0 Å². The molecule has 0 amide bonds. The van der Waals surface area contributed by atoms with Crippen LogP contribution in [0.1, 0.15) is 12.5 Å². The molecule has 2 rings (SSSR count). The Labute approximate surface area is 83.7 Å². The van der Waals surface area contributed by atoms with Crippen molar-refractivity contribution in [3.05, 3.63) is 48.4 Å². The lowest BCUT2D eigenvalue weighted by atomic mass is 10.1. The third-order valence-electron chi connectivity index (χ3n) is 2.19. The molecule has 0 unspecified atom stereocenters. The van der Waals surface area contributed by atoms with Gasteiger partial charge in [0, 0.05) is 18.0 Å². The van der Waals surface area contributed by atoms with Crippen LogP contribution in [0.4, 0.5) is 0 Å². The third kappa shape index (κ3) is 1.79. The molecule has 0 saturated carbocycles. The first-order chi connectivity index (χ1) is 6.90. The van der Waals surface area contributed by atoms with Crippen molar-refractivity contribution in [3.63, 3.8) is 0 Å². The van der Waals surface area contributed by atoms with E-state index in [1.165, 1.54) is 5.56 Å². The first-order valence-electron chi connectivity index (χ1n) is 4.75. The number of hydrogen-bond acceptors (Lipinski definition) is 2. The highest BCUT2D eigenvalue weighted by Crippen LogP contribution is 2.16. The first-order valence-corrected chi connectivity index (χ1v) is 4.75. The predicted molar refractivity (Wildman–Crippen MR) is 56.8 cm³/mol. The van der Waals surface area contributed by atoms with E-state index >= 15 is 0 Å². The summed E-state index contributed by atoms with van der Waals surface area (Å²) in [7, 11) is 0. The predicted octanol–water partition coefficient (Wildman–Crippen LogP) is 2.71.